The molecular weight excluding hydrogens is 546 g/mol. The van der Waals surface area contributed by atoms with Gasteiger partial charge in [-0.05, 0) is 90.7 Å². The third-order valence-corrected chi connectivity index (χ3v) is 6.77. The van der Waals surface area contributed by atoms with Crippen molar-refractivity contribution in [3.63, 3.8) is 0 Å². The molecule has 9 heteroatoms. The van der Waals surface area contributed by atoms with Crippen LogP contribution in [0, 0.1) is 13.8 Å². The van der Waals surface area contributed by atoms with E-state index in [-0.39, 0.29) is 23.8 Å². The summed E-state index contributed by atoms with van der Waals surface area (Å²) in [6.45, 7) is 4.09. The summed E-state index contributed by atoms with van der Waals surface area (Å²) in [7, 11) is 0. The molecule has 0 aromatic heterocycles. The number of ether oxygens (including phenoxy) is 2. The van der Waals surface area contributed by atoms with E-state index in [1.165, 1.54) is 6.08 Å². The van der Waals surface area contributed by atoms with Crippen LogP contribution in [0.25, 0.3) is 6.08 Å². The monoisotopic (exact) mass is 575 g/mol. The Bertz CT molecular complexity index is 1710. The predicted molar refractivity (Wildman–Crippen MR) is 163 cm³/mol. The van der Waals surface area contributed by atoms with Gasteiger partial charge in [0.1, 0.15) is 23.7 Å². The van der Waals surface area contributed by atoms with E-state index in [0.29, 0.717) is 29.4 Å². The third kappa shape index (κ3) is 7.15. The van der Waals surface area contributed by atoms with E-state index in [4.69, 9.17) is 9.47 Å². The molecule has 216 valence electrons. The molecule has 0 saturated carbocycles. The normalized spacial score (nSPS) is 14.0. The third-order valence-electron chi connectivity index (χ3n) is 6.77. The van der Waals surface area contributed by atoms with E-state index in [0.717, 1.165) is 21.6 Å². The van der Waals surface area contributed by atoms with E-state index < -0.39 is 17.8 Å². The summed E-state index contributed by atoms with van der Waals surface area (Å²) in [5.41, 5.74) is 4.38. The molecule has 4 aromatic rings. The zero-order chi connectivity index (χ0) is 30.3. The summed E-state index contributed by atoms with van der Waals surface area (Å²) in [4.78, 5) is 51.9. The maximum Gasteiger partial charge on any atom is 0.335 e. The molecular formula is C34H29N3O6. The highest BCUT2D eigenvalue weighted by Crippen LogP contribution is 2.25. The fourth-order valence-corrected chi connectivity index (χ4v) is 4.35. The fourth-order valence-electron chi connectivity index (χ4n) is 4.35. The van der Waals surface area contributed by atoms with Crippen LogP contribution in [-0.2, 0) is 21.0 Å². The van der Waals surface area contributed by atoms with Crippen molar-refractivity contribution in [3.8, 4) is 11.5 Å². The Labute approximate surface area is 248 Å². The highest BCUT2D eigenvalue weighted by molar-refractivity contribution is 6.39. The van der Waals surface area contributed by atoms with Crippen LogP contribution in [0.15, 0.2) is 103 Å². The maximum atomic E-state index is 13.3. The standard InChI is InChI=1S/C34H29N3O6/c1-22-11-12-26(17-23(22)2)35-31(38)21-43-29-10-6-9-25(18-29)19-30-32(39)36-34(41)37(33(30)40)27-13-15-28(16-14-27)42-20-24-7-4-3-5-8-24/h3-19H,20-21H2,1-2H3,(H,35,38)(H,36,39,41)/b30-19-. The van der Waals surface area contributed by atoms with Crippen LogP contribution < -0.4 is 25.0 Å². The number of barbiturate groups is 1. The minimum absolute atomic E-state index is 0.228. The van der Waals surface area contributed by atoms with Crippen molar-refractivity contribution in [1.82, 2.24) is 5.32 Å². The number of nitrogens with one attached hydrogen (secondary N) is 2. The molecule has 1 aliphatic heterocycles. The summed E-state index contributed by atoms with van der Waals surface area (Å²) < 4.78 is 11.4. The van der Waals surface area contributed by atoms with Gasteiger partial charge in [0.2, 0.25) is 0 Å². The van der Waals surface area contributed by atoms with Crippen LogP contribution in [-0.4, -0.2) is 30.4 Å². The molecule has 0 bridgehead atoms. The molecule has 9 nitrogen and oxygen atoms in total. The zero-order valence-corrected chi connectivity index (χ0v) is 23.6. The van der Waals surface area contributed by atoms with Crippen LogP contribution in [0.1, 0.15) is 22.3 Å². The van der Waals surface area contributed by atoms with Crippen LogP contribution in [0.4, 0.5) is 16.2 Å². The van der Waals surface area contributed by atoms with Crippen molar-refractivity contribution in [2.45, 2.75) is 20.5 Å². The number of benzene rings is 4. The Balaban J connectivity index is 1.25. The number of nitrogens with zero attached hydrogens (tertiary/aromatic N) is 1. The fraction of sp³-hybridized carbons (Fsp3) is 0.118. The number of hydrogen-bond donors (Lipinski definition) is 2. The lowest BCUT2D eigenvalue weighted by atomic mass is 10.1. The van der Waals surface area contributed by atoms with E-state index in [2.05, 4.69) is 10.6 Å². The number of imide groups is 2. The highest BCUT2D eigenvalue weighted by atomic mass is 16.5. The van der Waals surface area contributed by atoms with E-state index in [9.17, 15) is 19.2 Å². The molecule has 0 unspecified atom stereocenters. The van der Waals surface area contributed by atoms with Crippen LogP contribution >= 0.6 is 0 Å². The van der Waals surface area contributed by atoms with E-state index >= 15 is 0 Å². The minimum Gasteiger partial charge on any atom is -0.489 e. The number of carbonyl (C=O) groups excluding carboxylic acids is 4. The quantitative estimate of drug-likeness (QED) is 0.199. The molecule has 0 radical (unpaired) electrons. The second kappa shape index (κ2) is 12.9. The Morgan fingerprint density at radius 1 is 0.814 bits per heavy atom. The molecule has 43 heavy (non-hydrogen) atoms. The molecule has 5 amide bonds. The number of rotatable bonds is 9. The largest absolute Gasteiger partial charge is 0.489 e. The van der Waals surface area contributed by atoms with Gasteiger partial charge in [0.25, 0.3) is 17.7 Å². The van der Waals surface area contributed by atoms with Gasteiger partial charge in [-0.15, -0.1) is 0 Å². The van der Waals surface area contributed by atoms with Crippen molar-refractivity contribution >= 4 is 41.2 Å². The van der Waals surface area contributed by atoms with Crippen LogP contribution in [0.2, 0.25) is 0 Å². The average molecular weight is 576 g/mol. The number of urea groups is 1. The molecule has 2 N–H and O–H groups in total. The van der Waals surface area contributed by atoms with Gasteiger partial charge < -0.3 is 14.8 Å². The van der Waals surface area contributed by atoms with Gasteiger partial charge in [-0.1, -0.05) is 48.5 Å². The SMILES string of the molecule is Cc1ccc(NC(=O)COc2cccc(/C=C3/C(=O)NC(=O)N(c4ccc(OCc5ccccc5)cc4)C3=O)c2)cc1C. The van der Waals surface area contributed by atoms with Gasteiger partial charge in [0.15, 0.2) is 6.61 Å². The second-order valence-electron chi connectivity index (χ2n) is 9.93. The molecule has 0 atom stereocenters. The van der Waals surface area contributed by atoms with Gasteiger partial charge in [0, 0.05) is 5.69 Å². The minimum atomic E-state index is -0.850. The first-order valence-corrected chi connectivity index (χ1v) is 13.5. The molecule has 4 aromatic carbocycles. The Morgan fingerprint density at radius 2 is 1.58 bits per heavy atom. The first-order chi connectivity index (χ1) is 20.8. The number of amides is 5. The number of aryl methyl sites for hydroxylation is 2. The van der Waals surface area contributed by atoms with Gasteiger partial charge in [-0.3, -0.25) is 19.7 Å². The zero-order valence-electron chi connectivity index (χ0n) is 23.6. The molecule has 1 saturated heterocycles. The lowest BCUT2D eigenvalue weighted by Crippen LogP contribution is -2.54. The molecule has 1 heterocycles. The molecule has 1 fully saturated rings. The summed E-state index contributed by atoms with van der Waals surface area (Å²) in [5, 5.41) is 5.01. The lowest BCUT2D eigenvalue weighted by molar-refractivity contribution is -0.122. The summed E-state index contributed by atoms with van der Waals surface area (Å²) in [6, 6.07) is 27.5. The van der Waals surface area contributed by atoms with Crippen molar-refractivity contribution in [2.75, 3.05) is 16.8 Å². The average Bonchev–Trinajstić information content (AvgIpc) is 3.00. The van der Waals surface area contributed by atoms with Crippen LogP contribution in [0.3, 0.4) is 0 Å². The summed E-state index contributed by atoms with van der Waals surface area (Å²) in [5.74, 6) is -0.991. The number of carbonyl (C=O) groups is 4. The Hall–Kier alpha value is -5.70. The van der Waals surface area contributed by atoms with E-state index in [1.807, 2.05) is 62.4 Å². The predicted octanol–water partition coefficient (Wildman–Crippen LogP) is 5.57. The van der Waals surface area contributed by atoms with Crippen molar-refractivity contribution < 1.29 is 28.7 Å². The second-order valence-corrected chi connectivity index (χ2v) is 9.93. The topological polar surface area (TPSA) is 114 Å². The molecule has 0 spiro atoms. The highest BCUT2D eigenvalue weighted by Gasteiger charge is 2.36. The number of hydrogen-bond acceptors (Lipinski definition) is 6. The lowest BCUT2D eigenvalue weighted by Gasteiger charge is -2.26. The molecule has 5 rings (SSSR count). The van der Waals surface area contributed by atoms with Crippen molar-refractivity contribution in [1.29, 1.82) is 0 Å². The number of anilines is 2. The maximum absolute atomic E-state index is 13.3. The van der Waals surface area contributed by atoms with Crippen molar-refractivity contribution in [2.24, 2.45) is 0 Å². The first-order valence-electron chi connectivity index (χ1n) is 13.5. The summed E-state index contributed by atoms with van der Waals surface area (Å²) in [6.07, 6.45) is 1.37. The van der Waals surface area contributed by atoms with Crippen molar-refractivity contribution in [3.05, 3.63) is 125 Å². The Kier molecular flexibility index (Phi) is 8.62. The smallest absolute Gasteiger partial charge is 0.335 e. The van der Waals surface area contributed by atoms with E-state index in [1.54, 1.807) is 48.5 Å². The van der Waals surface area contributed by atoms with Gasteiger partial charge >= 0.3 is 6.03 Å². The van der Waals surface area contributed by atoms with Gasteiger partial charge in [0.05, 0.1) is 5.69 Å². The summed E-state index contributed by atoms with van der Waals surface area (Å²) >= 11 is 0. The van der Waals surface area contributed by atoms with Gasteiger partial charge in [-0.2, -0.15) is 0 Å². The van der Waals surface area contributed by atoms with Gasteiger partial charge in [-0.25, -0.2) is 9.69 Å². The molecule has 1 aliphatic rings. The Morgan fingerprint density at radius 3 is 2.33 bits per heavy atom. The molecule has 0 aliphatic carbocycles. The van der Waals surface area contributed by atoms with Crippen LogP contribution in [0.5, 0.6) is 11.5 Å². The first kappa shape index (κ1) is 28.8.